The summed E-state index contributed by atoms with van der Waals surface area (Å²) in [6.45, 7) is 1.47. The predicted octanol–water partition coefficient (Wildman–Crippen LogP) is 2.92. The SMILES string of the molecule is CC(=O)Cc1ccc2cc(Cl)oc2c1O. The Bertz CT molecular complexity index is 528. The van der Waals surface area contributed by atoms with Crippen LogP contribution in [0.25, 0.3) is 11.0 Å². The van der Waals surface area contributed by atoms with Crippen LogP contribution >= 0.6 is 11.6 Å². The summed E-state index contributed by atoms with van der Waals surface area (Å²) in [5.74, 6) is -0.0168. The molecule has 0 spiro atoms. The van der Waals surface area contributed by atoms with Gasteiger partial charge in [-0.25, -0.2) is 0 Å². The van der Waals surface area contributed by atoms with Crippen molar-refractivity contribution in [1.29, 1.82) is 0 Å². The van der Waals surface area contributed by atoms with Gasteiger partial charge in [-0.05, 0) is 18.5 Å². The lowest BCUT2D eigenvalue weighted by Crippen LogP contribution is -1.96. The Balaban J connectivity index is 2.58. The molecule has 2 rings (SSSR count). The average molecular weight is 225 g/mol. The first kappa shape index (κ1) is 10.1. The number of phenolic OH excluding ortho intramolecular Hbond substituents is 1. The highest BCUT2D eigenvalue weighted by molar-refractivity contribution is 6.29. The highest BCUT2D eigenvalue weighted by Crippen LogP contribution is 2.33. The summed E-state index contributed by atoms with van der Waals surface area (Å²) < 4.78 is 5.13. The van der Waals surface area contributed by atoms with E-state index in [0.717, 1.165) is 5.39 Å². The van der Waals surface area contributed by atoms with Gasteiger partial charge in [0.15, 0.2) is 16.6 Å². The number of benzene rings is 1. The molecule has 0 radical (unpaired) electrons. The van der Waals surface area contributed by atoms with Crippen LogP contribution in [0.15, 0.2) is 22.6 Å². The van der Waals surface area contributed by atoms with E-state index in [0.29, 0.717) is 11.1 Å². The summed E-state index contributed by atoms with van der Waals surface area (Å²) in [5.41, 5.74) is 0.889. The van der Waals surface area contributed by atoms with E-state index in [4.69, 9.17) is 16.0 Å². The predicted molar refractivity (Wildman–Crippen MR) is 57.3 cm³/mol. The van der Waals surface area contributed by atoms with Crippen LogP contribution < -0.4 is 0 Å². The molecular weight excluding hydrogens is 216 g/mol. The van der Waals surface area contributed by atoms with Gasteiger partial charge in [0.25, 0.3) is 0 Å². The smallest absolute Gasteiger partial charge is 0.194 e. The lowest BCUT2D eigenvalue weighted by atomic mass is 10.1. The second kappa shape index (κ2) is 3.59. The summed E-state index contributed by atoms with van der Waals surface area (Å²) >= 11 is 5.67. The van der Waals surface area contributed by atoms with Gasteiger partial charge < -0.3 is 9.52 Å². The van der Waals surface area contributed by atoms with E-state index >= 15 is 0 Å². The molecule has 0 atom stereocenters. The Labute approximate surface area is 91.3 Å². The van der Waals surface area contributed by atoms with E-state index in [1.165, 1.54) is 6.92 Å². The number of halogens is 1. The van der Waals surface area contributed by atoms with Crippen LogP contribution in [0.5, 0.6) is 5.75 Å². The number of hydrogen-bond donors (Lipinski definition) is 1. The maximum Gasteiger partial charge on any atom is 0.194 e. The normalized spacial score (nSPS) is 10.8. The molecule has 0 aliphatic heterocycles. The molecule has 78 valence electrons. The van der Waals surface area contributed by atoms with Gasteiger partial charge in [0.1, 0.15) is 5.78 Å². The molecule has 3 nitrogen and oxygen atoms in total. The zero-order valence-electron chi connectivity index (χ0n) is 8.08. The number of rotatable bonds is 2. The van der Waals surface area contributed by atoms with Crippen LogP contribution in [0, 0.1) is 0 Å². The minimum Gasteiger partial charge on any atom is -0.504 e. The Hall–Kier alpha value is -1.48. The van der Waals surface area contributed by atoms with Crippen LogP contribution in [0.4, 0.5) is 0 Å². The topological polar surface area (TPSA) is 50.4 Å². The second-order valence-electron chi connectivity index (χ2n) is 3.42. The molecular formula is C11H9ClO3. The number of furan rings is 1. The number of ketones is 1. The number of Topliss-reactive ketones (excluding diaryl/α,β-unsaturated/α-hetero) is 1. The van der Waals surface area contributed by atoms with Crippen LogP contribution in [0.2, 0.25) is 5.22 Å². The first-order chi connectivity index (χ1) is 7.08. The average Bonchev–Trinajstić information content (AvgIpc) is 2.51. The molecule has 2 aromatic rings. The maximum atomic E-state index is 10.9. The van der Waals surface area contributed by atoms with Gasteiger partial charge in [0, 0.05) is 23.4 Å². The summed E-state index contributed by atoms with van der Waals surface area (Å²) in [6.07, 6.45) is 0.195. The van der Waals surface area contributed by atoms with Crippen molar-refractivity contribution in [2.45, 2.75) is 13.3 Å². The molecule has 1 heterocycles. The fourth-order valence-corrected chi connectivity index (χ4v) is 1.70. The summed E-state index contributed by atoms with van der Waals surface area (Å²) in [6, 6.07) is 5.09. The number of aromatic hydroxyl groups is 1. The molecule has 15 heavy (non-hydrogen) atoms. The van der Waals surface area contributed by atoms with Gasteiger partial charge >= 0.3 is 0 Å². The minimum atomic E-state index is -0.0118. The minimum absolute atomic E-state index is 0.00500. The maximum absolute atomic E-state index is 10.9. The van der Waals surface area contributed by atoms with Crippen molar-refractivity contribution in [3.63, 3.8) is 0 Å². The van der Waals surface area contributed by atoms with Crippen molar-refractivity contribution in [2.75, 3.05) is 0 Å². The molecule has 0 aliphatic rings. The highest BCUT2D eigenvalue weighted by Gasteiger charge is 2.12. The number of phenols is 1. The molecule has 0 saturated heterocycles. The zero-order chi connectivity index (χ0) is 11.0. The largest absolute Gasteiger partial charge is 0.504 e. The molecule has 1 aromatic carbocycles. The fraction of sp³-hybridized carbons (Fsp3) is 0.182. The van der Waals surface area contributed by atoms with Crippen LogP contribution in [0.1, 0.15) is 12.5 Å². The lowest BCUT2D eigenvalue weighted by Gasteiger charge is -2.01. The Morgan fingerprint density at radius 1 is 1.53 bits per heavy atom. The van der Waals surface area contributed by atoms with E-state index < -0.39 is 0 Å². The highest BCUT2D eigenvalue weighted by atomic mass is 35.5. The third kappa shape index (κ3) is 1.83. The molecule has 0 saturated carbocycles. The van der Waals surface area contributed by atoms with E-state index in [-0.39, 0.29) is 23.2 Å². The van der Waals surface area contributed by atoms with E-state index in [1.54, 1.807) is 18.2 Å². The van der Waals surface area contributed by atoms with E-state index in [1.807, 2.05) is 0 Å². The summed E-state index contributed by atoms with van der Waals surface area (Å²) in [7, 11) is 0. The van der Waals surface area contributed by atoms with Crippen molar-refractivity contribution < 1.29 is 14.3 Å². The molecule has 0 unspecified atom stereocenters. The Morgan fingerprint density at radius 2 is 2.27 bits per heavy atom. The van der Waals surface area contributed by atoms with Crippen LogP contribution in [-0.4, -0.2) is 10.9 Å². The second-order valence-corrected chi connectivity index (χ2v) is 3.79. The first-order valence-corrected chi connectivity index (χ1v) is 4.85. The van der Waals surface area contributed by atoms with Crippen molar-refractivity contribution in [3.05, 3.63) is 29.0 Å². The number of carbonyl (C=O) groups is 1. The van der Waals surface area contributed by atoms with Crippen molar-refractivity contribution in [2.24, 2.45) is 0 Å². The van der Waals surface area contributed by atoms with Gasteiger partial charge in [-0.3, -0.25) is 4.79 Å². The summed E-state index contributed by atoms with van der Waals surface area (Å²) in [4.78, 5) is 10.9. The van der Waals surface area contributed by atoms with Gasteiger partial charge in [-0.2, -0.15) is 0 Å². The molecule has 4 heteroatoms. The van der Waals surface area contributed by atoms with Crippen LogP contribution in [0.3, 0.4) is 0 Å². The van der Waals surface area contributed by atoms with Crippen molar-refractivity contribution in [1.82, 2.24) is 0 Å². The quantitative estimate of drug-likeness (QED) is 0.853. The number of carbonyl (C=O) groups excluding carboxylic acids is 1. The molecule has 0 bridgehead atoms. The fourth-order valence-electron chi connectivity index (χ4n) is 1.51. The molecule has 0 fully saturated rings. The Morgan fingerprint density at radius 3 is 2.93 bits per heavy atom. The third-order valence-electron chi connectivity index (χ3n) is 2.15. The van der Waals surface area contributed by atoms with Gasteiger partial charge in [-0.15, -0.1) is 0 Å². The first-order valence-electron chi connectivity index (χ1n) is 4.47. The third-order valence-corrected chi connectivity index (χ3v) is 2.34. The van der Waals surface area contributed by atoms with Crippen molar-refractivity contribution in [3.8, 4) is 5.75 Å². The number of hydrogen-bond acceptors (Lipinski definition) is 3. The zero-order valence-corrected chi connectivity index (χ0v) is 8.84. The van der Waals surface area contributed by atoms with E-state index in [2.05, 4.69) is 0 Å². The molecule has 0 amide bonds. The van der Waals surface area contributed by atoms with Crippen LogP contribution in [-0.2, 0) is 11.2 Å². The summed E-state index contributed by atoms with van der Waals surface area (Å²) in [5, 5.41) is 10.8. The Kier molecular flexibility index (Phi) is 2.40. The van der Waals surface area contributed by atoms with E-state index in [9.17, 15) is 9.90 Å². The molecule has 0 aliphatic carbocycles. The standard InChI is InChI=1S/C11H9ClO3/c1-6(13)4-7-2-3-8-5-9(12)15-11(8)10(7)14/h2-3,5,14H,4H2,1H3. The van der Waals surface area contributed by atoms with Gasteiger partial charge in [0.05, 0.1) is 0 Å². The van der Waals surface area contributed by atoms with Crippen molar-refractivity contribution >= 4 is 28.4 Å². The lowest BCUT2D eigenvalue weighted by molar-refractivity contribution is -0.116. The number of fused-ring (bicyclic) bond motifs is 1. The monoisotopic (exact) mass is 224 g/mol. The van der Waals surface area contributed by atoms with Gasteiger partial charge in [0.2, 0.25) is 0 Å². The molecule has 1 N–H and O–H groups in total. The molecule has 1 aromatic heterocycles. The van der Waals surface area contributed by atoms with Gasteiger partial charge in [-0.1, -0.05) is 12.1 Å².